The second kappa shape index (κ2) is 7.71. The molecule has 7 nitrogen and oxygen atoms in total. The number of pyridine rings is 2. The highest BCUT2D eigenvalue weighted by atomic mass is 16.3. The Bertz CT molecular complexity index is 1240. The maximum Gasteiger partial charge on any atom is 0.260 e. The van der Waals surface area contributed by atoms with Crippen LogP contribution in [0.4, 0.5) is 0 Å². The van der Waals surface area contributed by atoms with Crippen LogP contribution in [-0.2, 0) is 13.1 Å². The Morgan fingerprint density at radius 1 is 1.14 bits per heavy atom. The molecule has 1 N–H and O–H groups in total. The highest BCUT2D eigenvalue weighted by Crippen LogP contribution is 2.14. The predicted octanol–water partition coefficient (Wildman–Crippen LogP) is 2.98. The van der Waals surface area contributed by atoms with Gasteiger partial charge in [0.05, 0.1) is 40.9 Å². The number of carbonyl (C=O) groups excluding carboxylic acids is 1. The van der Waals surface area contributed by atoms with E-state index in [-0.39, 0.29) is 18.0 Å². The third kappa shape index (κ3) is 3.94. The molecule has 7 heteroatoms. The summed E-state index contributed by atoms with van der Waals surface area (Å²) in [5.74, 6) is 0.0954. The predicted molar refractivity (Wildman–Crippen MR) is 109 cm³/mol. The van der Waals surface area contributed by atoms with Crippen molar-refractivity contribution in [3.8, 4) is 0 Å². The third-order valence-corrected chi connectivity index (χ3v) is 4.65. The number of amides is 1. The molecule has 0 bridgehead atoms. The van der Waals surface area contributed by atoms with E-state index in [0.29, 0.717) is 34.6 Å². The lowest BCUT2D eigenvalue weighted by Crippen LogP contribution is -2.25. The zero-order chi connectivity index (χ0) is 20.4. The first-order valence-electron chi connectivity index (χ1n) is 9.25. The monoisotopic (exact) mass is 388 g/mol. The first-order valence-corrected chi connectivity index (χ1v) is 9.25. The molecule has 0 fully saturated rings. The number of nitrogens with one attached hydrogen (secondary N) is 1. The van der Waals surface area contributed by atoms with Crippen molar-refractivity contribution in [3.63, 3.8) is 0 Å². The highest BCUT2D eigenvalue weighted by molar-refractivity contribution is 5.98. The molecular formula is C22H20N4O3. The van der Waals surface area contributed by atoms with Gasteiger partial charge in [-0.3, -0.25) is 14.6 Å². The Balaban J connectivity index is 1.64. The average molecular weight is 388 g/mol. The van der Waals surface area contributed by atoms with Crippen molar-refractivity contribution in [2.24, 2.45) is 0 Å². The van der Waals surface area contributed by atoms with Crippen molar-refractivity contribution in [2.45, 2.75) is 26.9 Å². The van der Waals surface area contributed by atoms with E-state index in [1.54, 1.807) is 29.8 Å². The van der Waals surface area contributed by atoms with Crippen LogP contribution in [0.15, 0.2) is 64.1 Å². The molecule has 0 atom stereocenters. The number of hydrogen-bond acceptors (Lipinski definition) is 5. The van der Waals surface area contributed by atoms with Crippen LogP contribution in [0.1, 0.15) is 33.2 Å². The van der Waals surface area contributed by atoms with E-state index in [0.717, 1.165) is 11.3 Å². The van der Waals surface area contributed by atoms with Gasteiger partial charge < -0.3 is 14.3 Å². The van der Waals surface area contributed by atoms with Gasteiger partial charge in [-0.15, -0.1) is 0 Å². The molecule has 0 spiro atoms. The molecule has 0 aliphatic heterocycles. The quantitative estimate of drug-likeness (QED) is 0.568. The van der Waals surface area contributed by atoms with Crippen LogP contribution in [0.2, 0.25) is 0 Å². The second-order valence-electron chi connectivity index (χ2n) is 6.85. The summed E-state index contributed by atoms with van der Waals surface area (Å²) in [4.78, 5) is 34.2. The molecule has 4 rings (SSSR count). The number of rotatable bonds is 5. The largest absolute Gasteiger partial charge is 0.447 e. The summed E-state index contributed by atoms with van der Waals surface area (Å²) in [6.07, 6.45) is 3.26. The van der Waals surface area contributed by atoms with Gasteiger partial charge >= 0.3 is 0 Å². The number of benzene rings is 1. The lowest BCUT2D eigenvalue weighted by Gasteiger charge is -2.10. The van der Waals surface area contributed by atoms with Crippen LogP contribution < -0.4 is 10.9 Å². The van der Waals surface area contributed by atoms with E-state index >= 15 is 0 Å². The van der Waals surface area contributed by atoms with Crippen LogP contribution in [0.3, 0.4) is 0 Å². The first-order chi connectivity index (χ1) is 14.0. The van der Waals surface area contributed by atoms with E-state index in [1.807, 2.05) is 37.3 Å². The van der Waals surface area contributed by atoms with E-state index in [2.05, 4.69) is 15.3 Å². The summed E-state index contributed by atoms with van der Waals surface area (Å²) in [6, 6.07) is 13.1. The highest BCUT2D eigenvalue weighted by Gasteiger charge is 2.15. The van der Waals surface area contributed by atoms with Gasteiger partial charge in [0, 0.05) is 6.20 Å². The zero-order valence-electron chi connectivity index (χ0n) is 16.2. The Morgan fingerprint density at radius 3 is 2.66 bits per heavy atom. The molecule has 3 heterocycles. The van der Waals surface area contributed by atoms with Crippen molar-refractivity contribution < 1.29 is 9.21 Å². The molecule has 0 saturated carbocycles. The van der Waals surface area contributed by atoms with Crippen molar-refractivity contribution >= 4 is 16.8 Å². The van der Waals surface area contributed by atoms with Crippen molar-refractivity contribution in [1.29, 1.82) is 0 Å². The number of aryl methyl sites for hydroxylation is 2. The van der Waals surface area contributed by atoms with Gasteiger partial charge in [0.15, 0.2) is 0 Å². The van der Waals surface area contributed by atoms with Crippen molar-refractivity contribution in [2.75, 3.05) is 0 Å². The maximum absolute atomic E-state index is 13.0. The fourth-order valence-corrected chi connectivity index (χ4v) is 3.17. The van der Waals surface area contributed by atoms with E-state index in [9.17, 15) is 9.59 Å². The molecule has 1 aromatic carbocycles. The van der Waals surface area contributed by atoms with Crippen molar-refractivity contribution in [1.82, 2.24) is 19.9 Å². The average Bonchev–Trinajstić information content (AvgIpc) is 3.14. The molecule has 29 heavy (non-hydrogen) atoms. The Labute approximate surface area is 167 Å². The Kier molecular flexibility index (Phi) is 4.95. The van der Waals surface area contributed by atoms with Crippen LogP contribution >= 0.6 is 0 Å². The van der Waals surface area contributed by atoms with Gasteiger partial charge in [0.25, 0.3) is 11.5 Å². The van der Waals surface area contributed by atoms with E-state index in [1.165, 1.54) is 6.26 Å². The van der Waals surface area contributed by atoms with Crippen molar-refractivity contribution in [3.05, 3.63) is 93.7 Å². The minimum Gasteiger partial charge on any atom is -0.447 e. The number of nitrogens with zero attached hydrogens (tertiary/aromatic N) is 3. The van der Waals surface area contributed by atoms with E-state index < -0.39 is 0 Å². The summed E-state index contributed by atoms with van der Waals surface area (Å²) in [5.41, 5.74) is 3.06. The maximum atomic E-state index is 13.0. The fourth-order valence-electron chi connectivity index (χ4n) is 3.17. The summed E-state index contributed by atoms with van der Waals surface area (Å²) in [7, 11) is 0. The molecule has 0 aliphatic carbocycles. The minimum absolute atomic E-state index is 0.164. The molecule has 0 saturated heterocycles. The summed E-state index contributed by atoms with van der Waals surface area (Å²) in [5, 5.41) is 3.17. The van der Waals surface area contributed by atoms with Gasteiger partial charge in [0.1, 0.15) is 6.26 Å². The van der Waals surface area contributed by atoms with E-state index in [4.69, 9.17) is 4.42 Å². The molecule has 1 amide bonds. The Hall–Kier alpha value is -3.74. The summed E-state index contributed by atoms with van der Waals surface area (Å²) >= 11 is 0. The Morgan fingerprint density at radius 2 is 1.93 bits per heavy atom. The van der Waals surface area contributed by atoms with Gasteiger partial charge in [-0.05, 0) is 31.5 Å². The van der Waals surface area contributed by atoms with Gasteiger partial charge in [-0.25, -0.2) is 4.98 Å². The number of aromatic nitrogens is 3. The fraction of sp³-hybridized carbons (Fsp3) is 0.182. The van der Waals surface area contributed by atoms with Crippen LogP contribution in [-0.4, -0.2) is 20.4 Å². The standard InChI is InChI=1S/C22H20N4O3/c1-14-13-29-20(24-14)11-23-21(27)17-10-18-19(25-15(17)2)8-9-26(22(18)28)12-16-6-4-3-5-7-16/h3-10,13H,11-12H2,1-2H3,(H,23,27). The molecule has 0 aliphatic rings. The van der Waals surface area contributed by atoms with Crippen LogP contribution in [0.25, 0.3) is 10.9 Å². The zero-order valence-corrected chi connectivity index (χ0v) is 16.2. The van der Waals surface area contributed by atoms with Crippen LogP contribution in [0, 0.1) is 13.8 Å². The molecular weight excluding hydrogens is 368 g/mol. The van der Waals surface area contributed by atoms with Crippen LogP contribution in [0.5, 0.6) is 0 Å². The SMILES string of the molecule is Cc1coc(CNC(=O)c2cc3c(=O)n(Cc4ccccc4)ccc3nc2C)n1. The number of fused-ring (bicyclic) bond motifs is 1. The minimum atomic E-state index is -0.328. The lowest BCUT2D eigenvalue weighted by molar-refractivity contribution is 0.0946. The molecule has 0 unspecified atom stereocenters. The smallest absolute Gasteiger partial charge is 0.260 e. The first kappa shape index (κ1) is 18.6. The van der Waals surface area contributed by atoms with Gasteiger partial charge in [-0.1, -0.05) is 30.3 Å². The van der Waals surface area contributed by atoms with Gasteiger partial charge in [0.2, 0.25) is 5.89 Å². The number of hydrogen-bond donors (Lipinski definition) is 1. The second-order valence-corrected chi connectivity index (χ2v) is 6.85. The molecule has 146 valence electrons. The topological polar surface area (TPSA) is 90.0 Å². The normalized spacial score (nSPS) is 11.0. The summed E-state index contributed by atoms with van der Waals surface area (Å²) in [6.45, 7) is 4.18. The molecule has 4 aromatic rings. The number of oxazole rings is 1. The van der Waals surface area contributed by atoms with Gasteiger partial charge in [-0.2, -0.15) is 0 Å². The molecule has 3 aromatic heterocycles. The number of carbonyl (C=O) groups is 1. The third-order valence-electron chi connectivity index (χ3n) is 4.65. The lowest BCUT2D eigenvalue weighted by atomic mass is 10.1. The summed E-state index contributed by atoms with van der Waals surface area (Å²) < 4.78 is 6.86. The molecule has 0 radical (unpaired) electrons.